The van der Waals surface area contributed by atoms with E-state index in [2.05, 4.69) is 0 Å². The molecular weight excluding hydrogens is 264 g/mol. The number of aliphatic hydroxyl groups excluding tert-OH is 1. The van der Waals surface area contributed by atoms with E-state index in [9.17, 15) is 17.2 Å². The number of sulfonamides is 1. The minimum Gasteiger partial charge on any atom is -0.391 e. The van der Waals surface area contributed by atoms with E-state index in [4.69, 9.17) is 5.11 Å². The monoisotopic (exact) mass is 279 g/mol. The number of rotatable bonds is 5. The maximum Gasteiger partial charge on any atom is 0.245 e. The van der Waals surface area contributed by atoms with Gasteiger partial charge in [0.1, 0.15) is 10.7 Å². The molecule has 102 valence electrons. The van der Waals surface area contributed by atoms with Crippen molar-refractivity contribution < 1.29 is 22.3 Å². The molecule has 0 saturated heterocycles. The SMILES string of the molecule is CCCN(C)S(=O)(=O)c1ccc(F)c(CO)c1F. The van der Waals surface area contributed by atoms with Crippen LogP contribution in [-0.4, -0.2) is 31.4 Å². The summed E-state index contributed by atoms with van der Waals surface area (Å²) in [6, 6.07) is 1.70. The van der Waals surface area contributed by atoms with E-state index in [1.54, 1.807) is 6.92 Å². The third-order valence-corrected chi connectivity index (χ3v) is 4.41. The largest absolute Gasteiger partial charge is 0.391 e. The number of halogens is 2. The molecule has 0 bridgehead atoms. The van der Waals surface area contributed by atoms with E-state index < -0.39 is 38.7 Å². The van der Waals surface area contributed by atoms with E-state index in [1.165, 1.54) is 7.05 Å². The van der Waals surface area contributed by atoms with Crippen LogP contribution >= 0.6 is 0 Å². The van der Waals surface area contributed by atoms with E-state index in [0.29, 0.717) is 6.42 Å². The molecule has 18 heavy (non-hydrogen) atoms. The van der Waals surface area contributed by atoms with Gasteiger partial charge in [-0.3, -0.25) is 0 Å². The van der Waals surface area contributed by atoms with Gasteiger partial charge >= 0.3 is 0 Å². The number of hydrogen-bond donors (Lipinski definition) is 1. The van der Waals surface area contributed by atoms with Crippen LogP contribution in [0, 0.1) is 11.6 Å². The summed E-state index contributed by atoms with van der Waals surface area (Å²) in [4.78, 5) is -0.621. The summed E-state index contributed by atoms with van der Waals surface area (Å²) in [6.45, 7) is 1.12. The van der Waals surface area contributed by atoms with E-state index in [0.717, 1.165) is 16.4 Å². The van der Waals surface area contributed by atoms with E-state index in [-0.39, 0.29) is 6.54 Å². The molecule has 0 fully saturated rings. The lowest BCUT2D eigenvalue weighted by Crippen LogP contribution is -2.28. The summed E-state index contributed by atoms with van der Waals surface area (Å²) in [5, 5.41) is 8.84. The quantitative estimate of drug-likeness (QED) is 0.888. The van der Waals surface area contributed by atoms with Gasteiger partial charge in [-0.1, -0.05) is 6.92 Å². The maximum absolute atomic E-state index is 13.8. The third kappa shape index (κ3) is 2.68. The van der Waals surface area contributed by atoms with Crippen molar-refractivity contribution >= 4 is 10.0 Å². The molecule has 1 N–H and O–H groups in total. The fourth-order valence-electron chi connectivity index (χ4n) is 1.52. The van der Waals surface area contributed by atoms with Gasteiger partial charge in [0.2, 0.25) is 10.0 Å². The van der Waals surface area contributed by atoms with Crippen molar-refractivity contribution in [1.29, 1.82) is 0 Å². The van der Waals surface area contributed by atoms with Gasteiger partial charge in [0, 0.05) is 13.6 Å². The van der Waals surface area contributed by atoms with Crippen molar-refractivity contribution in [2.75, 3.05) is 13.6 Å². The van der Waals surface area contributed by atoms with Crippen molar-refractivity contribution in [2.45, 2.75) is 24.8 Å². The number of benzene rings is 1. The summed E-state index contributed by atoms with van der Waals surface area (Å²) in [5.74, 6) is -2.20. The van der Waals surface area contributed by atoms with Gasteiger partial charge in [-0.05, 0) is 18.6 Å². The van der Waals surface area contributed by atoms with Crippen LogP contribution in [0.2, 0.25) is 0 Å². The van der Waals surface area contributed by atoms with Crippen LogP contribution in [0.3, 0.4) is 0 Å². The summed E-state index contributed by atoms with van der Waals surface area (Å²) < 4.78 is 52.0. The first-order valence-electron chi connectivity index (χ1n) is 5.40. The number of nitrogens with zero attached hydrogens (tertiary/aromatic N) is 1. The molecule has 1 rings (SSSR count). The molecule has 0 aromatic heterocycles. The lowest BCUT2D eigenvalue weighted by atomic mass is 10.2. The maximum atomic E-state index is 13.8. The Morgan fingerprint density at radius 2 is 1.94 bits per heavy atom. The predicted molar refractivity (Wildman–Crippen MR) is 62.4 cm³/mol. The molecule has 0 spiro atoms. The fourth-order valence-corrected chi connectivity index (χ4v) is 2.87. The summed E-state index contributed by atoms with van der Waals surface area (Å²) in [7, 11) is -2.68. The molecule has 0 saturated carbocycles. The Labute approximate surface area is 105 Å². The molecule has 0 aliphatic heterocycles. The molecular formula is C11H15F2NO3S. The Bertz CT molecular complexity index is 531. The molecule has 1 aromatic rings. The first-order valence-corrected chi connectivity index (χ1v) is 6.84. The van der Waals surface area contributed by atoms with Crippen LogP contribution in [0.25, 0.3) is 0 Å². The lowest BCUT2D eigenvalue weighted by molar-refractivity contribution is 0.267. The highest BCUT2D eigenvalue weighted by atomic mass is 32.2. The first kappa shape index (κ1) is 15.0. The number of hydrogen-bond acceptors (Lipinski definition) is 3. The zero-order chi connectivity index (χ0) is 13.9. The van der Waals surface area contributed by atoms with Crippen LogP contribution in [0.15, 0.2) is 17.0 Å². The van der Waals surface area contributed by atoms with Gasteiger partial charge in [-0.15, -0.1) is 0 Å². The minimum absolute atomic E-state index is 0.230. The Kier molecular flexibility index (Phi) is 4.78. The van der Waals surface area contributed by atoms with Gasteiger partial charge in [0.05, 0.1) is 12.2 Å². The Balaban J connectivity index is 3.34. The molecule has 0 aliphatic carbocycles. The van der Waals surface area contributed by atoms with Gasteiger partial charge in [0.25, 0.3) is 0 Å². The predicted octanol–water partition coefficient (Wildman–Crippen LogP) is 1.49. The first-order chi connectivity index (χ1) is 8.36. The van der Waals surface area contributed by atoms with Crippen molar-refractivity contribution in [3.8, 4) is 0 Å². The molecule has 1 aromatic carbocycles. The standard InChI is InChI=1S/C11H15F2NO3S/c1-3-6-14(2)18(16,17)10-5-4-9(12)8(7-15)11(10)13/h4-5,15H,3,6-7H2,1-2H3. The van der Waals surface area contributed by atoms with Crippen LogP contribution in [0.5, 0.6) is 0 Å². The van der Waals surface area contributed by atoms with Crippen LogP contribution < -0.4 is 0 Å². The molecule has 0 radical (unpaired) electrons. The van der Waals surface area contributed by atoms with Gasteiger partial charge < -0.3 is 5.11 Å². The van der Waals surface area contributed by atoms with Crippen molar-refractivity contribution in [1.82, 2.24) is 4.31 Å². The number of aliphatic hydroxyl groups is 1. The molecule has 4 nitrogen and oxygen atoms in total. The summed E-state index contributed by atoms with van der Waals surface area (Å²) >= 11 is 0. The van der Waals surface area contributed by atoms with Gasteiger partial charge in [-0.25, -0.2) is 21.5 Å². The Hall–Kier alpha value is -1.05. The average molecular weight is 279 g/mol. The molecule has 0 unspecified atom stereocenters. The average Bonchev–Trinajstić information content (AvgIpc) is 2.29. The van der Waals surface area contributed by atoms with Crippen LogP contribution in [0.4, 0.5) is 8.78 Å². The second kappa shape index (κ2) is 5.73. The van der Waals surface area contributed by atoms with Crippen LogP contribution in [-0.2, 0) is 16.6 Å². The lowest BCUT2D eigenvalue weighted by Gasteiger charge is -2.17. The zero-order valence-electron chi connectivity index (χ0n) is 10.2. The molecule has 0 atom stereocenters. The Morgan fingerprint density at radius 1 is 1.33 bits per heavy atom. The summed E-state index contributed by atoms with van der Waals surface area (Å²) in [6.07, 6.45) is 0.575. The highest BCUT2D eigenvalue weighted by Gasteiger charge is 2.26. The smallest absolute Gasteiger partial charge is 0.245 e. The second-order valence-corrected chi connectivity index (χ2v) is 5.84. The van der Waals surface area contributed by atoms with E-state index in [1.807, 2.05) is 0 Å². The molecule has 0 amide bonds. The highest BCUT2D eigenvalue weighted by molar-refractivity contribution is 7.89. The topological polar surface area (TPSA) is 57.6 Å². The molecule has 0 aliphatic rings. The summed E-state index contributed by atoms with van der Waals surface area (Å²) in [5.41, 5.74) is -0.638. The fraction of sp³-hybridized carbons (Fsp3) is 0.455. The Morgan fingerprint density at radius 3 is 2.44 bits per heavy atom. The third-order valence-electron chi connectivity index (χ3n) is 2.54. The minimum atomic E-state index is -4.00. The van der Waals surface area contributed by atoms with Gasteiger partial charge in [-0.2, -0.15) is 0 Å². The van der Waals surface area contributed by atoms with Crippen molar-refractivity contribution in [2.24, 2.45) is 0 Å². The van der Waals surface area contributed by atoms with Crippen molar-refractivity contribution in [3.05, 3.63) is 29.3 Å². The molecule has 7 heteroatoms. The van der Waals surface area contributed by atoms with E-state index >= 15 is 0 Å². The van der Waals surface area contributed by atoms with Crippen molar-refractivity contribution in [3.63, 3.8) is 0 Å². The normalized spacial score (nSPS) is 12.1. The highest BCUT2D eigenvalue weighted by Crippen LogP contribution is 2.23. The second-order valence-electron chi connectivity index (χ2n) is 3.82. The molecule has 0 heterocycles. The zero-order valence-corrected chi connectivity index (χ0v) is 11.0. The van der Waals surface area contributed by atoms with Crippen LogP contribution in [0.1, 0.15) is 18.9 Å². The van der Waals surface area contributed by atoms with Gasteiger partial charge in [0.15, 0.2) is 5.82 Å².